The Morgan fingerprint density at radius 3 is 2.09 bits per heavy atom. The standard InChI is InChI=1S/C42H46F2N2O10/c1-5-6-7-8-9-20-55-31-15-10-27(11-16-31)42(51)56-33-18-13-29(36(24-33)53-3)25-46(26-39(48)49)41(50)34-19-14-30(22-37(34)54-4)45-38(47)21-28-12-17-32(52-2)23-35(28)40(43)44/h10-19,22-24,40H,5-9,20-21,25-26H2,1-4H3,(H,45,47)(H,48,49). The van der Waals surface area contributed by atoms with Gasteiger partial charge < -0.3 is 39.0 Å². The molecule has 0 radical (unpaired) electrons. The van der Waals surface area contributed by atoms with Crippen molar-refractivity contribution in [2.24, 2.45) is 0 Å². The van der Waals surface area contributed by atoms with Crippen molar-refractivity contribution >= 4 is 29.4 Å². The molecule has 12 nitrogen and oxygen atoms in total. The summed E-state index contributed by atoms with van der Waals surface area (Å²) >= 11 is 0. The molecule has 2 N–H and O–H groups in total. The summed E-state index contributed by atoms with van der Waals surface area (Å²) in [5, 5.41) is 12.3. The number of alkyl halides is 2. The molecule has 0 atom stereocenters. The number of hydrogen-bond acceptors (Lipinski definition) is 9. The van der Waals surface area contributed by atoms with Crippen molar-refractivity contribution in [3.8, 4) is 28.7 Å². The van der Waals surface area contributed by atoms with Crippen molar-refractivity contribution in [1.29, 1.82) is 0 Å². The molecule has 0 aromatic heterocycles. The maximum atomic E-state index is 13.8. The molecule has 0 saturated heterocycles. The third-order valence-corrected chi connectivity index (χ3v) is 8.71. The lowest BCUT2D eigenvalue weighted by atomic mass is 10.0. The van der Waals surface area contributed by atoms with Gasteiger partial charge in [0.15, 0.2) is 0 Å². The van der Waals surface area contributed by atoms with Crippen LogP contribution in [0, 0.1) is 0 Å². The van der Waals surface area contributed by atoms with E-state index in [1.807, 2.05) is 0 Å². The molecule has 4 aromatic rings. The van der Waals surface area contributed by atoms with Gasteiger partial charge in [0.1, 0.15) is 35.3 Å². The van der Waals surface area contributed by atoms with Gasteiger partial charge in [0.25, 0.3) is 12.3 Å². The smallest absolute Gasteiger partial charge is 0.343 e. The van der Waals surface area contributed by atoms with Crippen LogP contribution in [0.25, 0.3) is 0 Å². The van der Waals surface area contributed by atoms with E-state index < -0.39 is 36.7 Å². The van der Waals surface area contributed by atoms with Gasteiger partial charge in [0.2, 0.25) is 5.91 Å². The number of ether oxygens (including phenoxy) is 5. The van der Waals surface area contributed by atoms with Gasteiger partial charge in [-0.1, -0.05) is 38.7 Å². The number of carboxylic acid groups (broad SMARTS) is 1. The number of nitrogens with one attached hydrogen (secondary N) is 1. The summed E-state index contributed by atoms with van der Waals surface area (Å²) in [6.07, 6.45) is 2.42. The average molecular weight is 777 g/mol. The van der Waals surface area contributed by atoms with E-state index in [1.165, 1.54) is 89.1 Å². The van der Waals surface area contributed by atoms with Gasteiger partial charge in [-0.15, -0.1) is 0 Å². The van der Waals surface area contributed by atoms with Gasteiger partial charge in [-0.2, -0.15) is 0 Å². The number of methoxy groups -OCH3 is 3. The minimum absolute atomic E-state index is 0.00482. The van der Waals surface area contributed by atoms with E-state index in [4.69, 9.17) is 23.7 Å². The number of carbonyl (C=O) groups excluding carboxylic acids is 3. The molecular formula is C42H46F2N2O10. The number of halogens is 2. The Balaban J connectivity index is 1.43. The van der Waals surface area contributed by atoms with Crippen molar-refractivity contribution in [2.75, 3.05) is 39.8 Å². The Morgan fingerprint density at radius 2 is 1.43 bits per heavy atom. The monoisotopic (exact) mass is 776 g/mol. The van der Waals surface area contributed by atoms with Gasteiger partial charge in [0.05, 0.1) is 52.0 Å². The summed E-state index contributed by atoms with van der Waals surface area (Å²) in [6, 6.07) is 19.3. The van der Waals surface area contributed by atoms with Crippen molar-refractivity contribution in [1.82, 2.24) is 4.90 Å². The fourth-order valence-corrected chi connectivity index (χ4v) is 5.79. The van der Waals surface area contributed by atoms with E-state index in [0.717, 1.165) is 17.7 Å². The first-order valence-electron chi connectivity index (χ1n) is 18.0. The summed E-state index contributed by atoms with van der Waals surface area (Å²) in [5.41, 5.74) is 0.711. The molecule has 0 aliphatic rings. The average Bonchev–Trinajstić information content (AvgIpc) is 3.19. The molecule has 0 heterocycles. The number of amides is 2. The summed E-state index contributed by atoms with van der Waals surface area (Å²) in [6.45, 7) is 1.86. The quantitative estimate of drug-likeness (QED) is 0.0483. The molecule has 4 aromatic carbocycles. The van der Waals surface area contributed by atoms with Crippen LogP contribution in [0.1, 0.15) is 82.9 Å². The number of unbranched alkanes of at least 4 members (excludes halogenated alkanes) is 4. The number of anilines is 1. The third kappa shape index (κ3) is 12.2. The lowest BCUT2D eigenvalue weighted by Gasteiger charge is -2.23. The first-order valence-corrected chi connectivity index (χ1v) is 18.0. The highest BCUT2D eigenvalue weighted by Crippen LogP contribution is 2.31. The van der Waals surface area contributed by atoms with Crippen LogP contribution in [-0.2, 0) is 22.6 Å². The fourth-order valence-electron chi connectivity index (χ4n) is 5.79. The van der Waals surface area contributed by atoms with Crippen molar-refractivity contribution in [3.63, 3.8) is 0 Å². The van der Waals surface area contributed by atoms with Crippen molar-refractivity contribution < 1.29 is 56.7 Å². The number of benzene rings is 4. The summed E-state index contributed by atoms with van der Waals surface area (Å²) in [5.74, 6) is -1.89. The van der Waals surface area contributed by atoms with Gasteiger partial charge in [-0.3, -0.25) is 14.4 Å². The van der Waals surface area contributed by atoms with E-state index in [9.17, 15) is 33.1 Å². The number of carbonyl (C=O) groups is 4. The van der Waals surface area contributed by atoms with Crippen LogP contribution in [-0.4, -0.2) is 68.2 Å². The predicted molar refractivity (Wildman–Crippen MR) is 204 cm³/mol. The highest BCUT2D eigenvalue weighted by molar-refractivity contribution is 6.00. The second kappa shape index (κ2) is 21.1. The normalized spacial score (nSPS) is 10.8. The number of carboxylic acids is 1. The van der Waals surface area contributed by atoms with E-state index in [1.54, 1.807) is 30.3 Å². The minimum atomic E-state index is -2.83. The van der Waals surface area contributed by atoms with Crippen molar-refractivity contribution in [2.45, 2.75) is 58.4 Å². The first-order chi connectivity index (χ1) is 27.0. The van der Waals surface area contributed by atoms with Crippen LogP contribution in [0.3, 0.4) is 0 Å². The first kappa shape index (κ1) is 42.6. The molecule has 4 rings (SSSR count). The molecule has 0 fully saturated rings. The number of rotatable bonds is 21. The summed E-state index contributed by atoms with van der Waals surface area (Å²) < 4.78 is 54.6. The van der Waals surface area contributed by atoms with Gasteiger partial charge in [-0.25, -0.2) is 13.6 Å². The van der Waals surface area contributed by atoms with E-state index in [2.05, 4.69) is 12.2 Å². The van der Waals surface area contributed by atoms with E-state index in [0.29, 0.717) is 23.5 Å². The zero-order valence-corrected chi connectivity index (χ0v) is 31.8. The third-order valence-electron chi connectivity index (χ3n) is 8.71. The van der Waals surface area contributed by atoms with Gasteiger partial charge >= 0.3 is 11.9 Å². The second-order valence-corrected chi connectivity index (χ2v) is 12.7. The number of esters is 1. The van der Waals surface area contributed by atoms with E-state index in [-0.39, 0.29) is 58.3 Å². The Bertz CT molecular complexity index is 1970. The largest absolute Gasteiger partial charge is 0.497 e. The lowest BCUT2D eigenvalue weighted by molar-refractivity contribution is -0.137. The molecule has 298 valence electrons. The fraction of sp³-hybridized carbons (Fsp3) is 0.333. The minimum Gasteiger partial charge on any atom is -0.497 e. The van der Waals surface area contributed by atoms with Gasteiger partial charge in [-0.05, 0) is 72.6 Å². The highest BCUT2D eigenvalue weighted by Gasteiger charge is 2.25. The highest BCUT2D eigenvalue weighted by atomic mass is 19.3. The maximum Gasteiger partial charge on any atom is 0.343 e. The van der Waals surface area contributed by atoms with Crippen LogP contribution in [0.2, 0.25) is 0 Å². The lowest BCUT2D eigenvalue weighted by Crippen LogP contribution is -2.35. The summed E-state index contributed by atoms with van der Waals surface area (Å²) in [7, 11) is 4.03. The van der Waals surface area contributed by atoms with Crippen LogP contribution >= 0.6 is 0 Å². The molecule has 0 aliphatic heterocycles. The Kier molecular flexibility index (Phi) is 16.0. The van der Waals surface area contributed by atoms with Crippen LogP contribution < -0.4 is 29.0 Å². The summed E-state index contributed by atoms with van der Waals surface area (Å²) in [4.78, 5) is 52.5. The Morgan fingerprint density at radius 1 is 0.750 bits per heavy atom. The number of hydrogen-bond donors (Lipinski definition) is 2. The number of nitrogens with zero attached hydrogens (tertiary/aromatic N) is 1. The Hall–Kier alpha value is -6.18. The Labute approximate surface area is 324 Å². The molecular weight excluding hydrogens is 730 g/mol. The number of aliphatic carboxylic acids is 1. The predicted octanol–water partition coefficient (Wildman–Crippen LogP) is 8.13. The van der Waals surface area contributed by atoms with Gasteiger partial charge in [0, 0.05) is 28.9 Å². The molecule has 14 heteroatoms. The second-order valence-electron chi connectivity index (χ2n) is 12.7. The topological polar surface area (TPSA) is 150 Å². The van der Waals surface area contributed by atoms with Crippen LogP contribution in [0.5, 0.6) is 28.7 Å². The SMILES string of the molecule is CCCCCCCOc1ccc(C(=O)Oc2ccc(CN(CC(=O)O)C(=O)c3ccc(NC(=O)Cc4ccc(OC)cc4C(F)F)cc3OC)c(OC)c2)cc1. The molecule has 0 spiro atoms. The molecule has 0 saturated carbocycles. The molecule has 56 heavy (non-hydrogen) atoms. The van der Waals surface area contributed by atoms with Crippen molar-refractivity contribution in [3.05, 3.63) is 107 Å². The van der Waals surface area contributed by atoms with E-state index >= 15 is 0 Å². The maximum absolute atomic E-state index is 13.8. The van der Waals surface area contributed by atoms with Crippen LogP contribution in [0.4, 0.5) is 14.5 Å². The zero-order valence-electron chi connectivity index (χ0n) is 31.8. The molecule has 0 aliphatic carbocycles. The van der Waals surface area contributed by atoms with Crippen LogP contribution in [0.15, 0.2) is 78.9 Å². The zero-order chi connectivity index (χ0) is 40.6. The molecule has 0 bridgehead atoms. The molecule has 2 amide bonds. The molecule has 0 unspecified atom stereocenters.